The fourth-order valence-electron chi connectivity index (χ4n) is 0.113. The maximum Gasteiger partial charge on any atom is 0.350 e. The van der Waals surface area contributed by atoms with Gasteiger partial charge in [-0.1, -0.05) is 0 Å². The van der Waals surface area contributed by atoms with Crippen molar-refractivity contribution in [1.29, 1.82) is 0 Å². The summed E-state index contributed by atoms with van der Waals surface area (Å²) in [7, 11) is -2.55. The number of nitrogens with zero attached hydrogens (tertiary/aromatic N) is 2. The molecule has 0 unspecified atom stereocenters. The Balaban J connectivity index is 3.65. The molecule has 0 aromatic heterocycles. The molecular formula is N2O5S3. The molecule has 7 nitrogen and oxygen atoms in total. The number of hydrogen-bond acceptors (Lipinski definition) is 7. The van der Waals surface area contributed by atoms with Crippen molar-refractivity contribution in [3.63, 3.8) is 0 Å². The molecule has 0 aliphatic heterocycles. The SMILES string of the molecule is O=[N+]([O-])SS(=O)S[N+](=O)[O-]. The highest BCUT2D eigenvalue weighted by Crippen LogP contribution is 2.20. The molecule has 10 heavy (non-hydrogen) atoms. The van der Waals surface area contributed by atoms with Gasteiger partial charge in [-0.25, -0.2) is 24.4 Å². The average Bonchev–Trinajstić information content (AvgIpc) is 1.58. The third-order valence-corrected chi connectivity index (χ3v) is 3.29. The Morgan fingerprint density at radius 3 is 1.60 bits per heavy atom. The standard InChI is InChI=1S/N2O5S3/c3-1(4)8-10(7)9-2(5)6. The Labute approximate surface area is 64.4 Å². The van der Waals surface area contributed by atoms with Gasteiger partial charge in [-0.3, -0.25) is 0 Å². The van der Waals surface area contributed by atoms with Crippen molar-refractivity contribution < 1.29 is 12.9 Å². The zero-order valence-electron chi connectivity index (χ0n) is 4.16. The Hall–Kier alpha value is -0.350. The van der Waals surface area contributed by atoms with Crippen LogP contribution in [0.2, 0.25) is 0 Å². The summed E-state index contributed by atoms with van der Waals surface area (Å²) in [6.45, 7) is 0. The van der Waals surface area contributed by atoms with Gasteiger partial charge in [0.1, 0.15) is 8.66 Å². The molecule has 0 spiro atoms. The van der Waals surface area contributed by atoms with Crippen LogP contribution in [0.25, 0.3) is 0 Å². The van der Waals surface area contributed by atoms with E-state index in [-0.39, 0.29) is 22.0 Å². The summed E-state index contributed by atoms with van der Waals surface area (Å²) >= 11 is 0. The molecule has 0 bridgehead atoms. The van der Waals surface area contributed by atoms with Crippen molar-refractivity contribution in [3.8, 4) is 0 Å². The predicted molar refractivity (Wildman–Crippen MR) is 37.3 cm³/mol. The normalized spacial score (nSPS) is 9.70. The minimum absolute atomic E-state index is 0.202. The fourth-order valence-corrected chi connectivity index (χ4v) is 2.16. The molecule has 0 atom stereocenters. The monoisotopic (exact) mass is 204 g/mol. The van der Waals surface area contributed by atoms with Gasteiger partial charge in [0.05, 0.1) is 0 Å². The number of nitro groups is 2. The second-order valence-electron chi connectivity index (χ2n) is 0.800. The van der Waals surface area contributed by atoms with Crippen LogP contribution in [-0.4, -0.2) is 12.9 Å². The van der Waals surface area contributed by atoms with Gasteiger partial charge >= 0.3 is 22.0 Å². The van der Waals surface area contributed by atoms with Crippen LogP contribution >= 0.6 is 22.0 Å². The maximum absolute atomic E-state index is 10.2. The Bertz CT molecular complexity index is 158. The molecule has 0 amide bonds. The first-order chi connectivity index (χ1) is 4.52. The van der Waals surface area contributed by atoms with Crippen molar-refractivity contribution in [1.82, 2.24) is 0 Å². The van der Waals surface area contributed by atoms with Crippen LogP contribution in [0.3, 0.4) is 0 Å². The molecule has 0 aliphatic rings. The summed E-state index contributed by atoms with van der Waals surface area (Å²) in [6, 6.07) is 0. The van der Waals surface area contributed by atoms with Gasteiger partial charge in [-0.05, 0) is 0 Å². The van der Waals surface area contributed by atoms with E-state index in [4.69, 9.17) is 0 Å². The van der Waals surface area contributed by atoms with Crippen LogP contribution in [0.4, 0.5) is 0 Å². The second-order valence-corrected chi connectivity index (χ2v) is 5.45. The first-order valence-electron chi connectivity index (χ1n) is 1.60. The fraction of sp³-hybridized carbons (Fsp3) is 0. The van der Waals surface area contributed by atoms with Crippen molar-refractivity contribution in [2.75, 3.05) is 0 Å². The topological polar surface area (TPSA) is 103 Å². The summed E-state index contributed by atoms with van der Waals surface area (Å²) in [6.07, 6.45) is 0. The van der Waals surface area contributed by atoms with Gasteiger partial charge in [0, 0.05) is 0 Å². The summed E-state index contributed by atoms with van der Waals surface area (Å²) in [5, 5.41) is 19.1. The predicted octanol–water partition coefficient (Wildman–Crippen LogP) is 0.415. The molecule has 0 rings (SSSR count). The average molecular weight is 204 g/mol. The lowest BCUT2D eigenvalue weighted by atomic mass is 13.4. The van der Waals surface area contributed by atoms with E-state index in [1.165, 1.54) is 0 Å². The quantitative estimate of drug-likeness (QED) is 0.283. The second kappa shape index (κ2) is 4.46. The molecule has 10 heteroatoms. The lowest BCUT2D eigenvalue weighted by molar-refractivity contribution is -0.282. The Kier molecular flexibility index (Phi) is 4.31. The van der Waals surface area contributed by atoms with Gasteiger partial charge in [-0.2, -0.15) is 0 Å². The largest absolute Gasteiger partial charge is 0.350 e. The zero-order valence-corrected chi connectivity index (χ0v) is 6.61. The molecule has 0 aromatic carbocycles. The van der Waals surface area contributed by atoms with E-state index in [0.29, 0.717) is 0 Å². The van der Waals surface area contributed by atoms with Crippen LogP contribution < -0.4 is 0 Å². The van der Waals surface area contributed by atoms with E-state index >= 15 is 0 Å². The van der Waals surface area contributed by atoms with Crippen molar-refractivity contribution in [2.45, 2.75) is 0 Å². The van der Waals surface area contributed by atoms with Crippen LogP contribution in [-0.2, 0) is 8.86 Å². The van der Waals surface area contributed by atoms with Gasteiger partial charge in [0.25, 0.3) is 8.86 Å². The van der Waals surface area contributed by atoms with Crippen molar-refractivity contribution in [2.24, 2.45) is 0 Å². The van der Waals surface area contributed by atoms with E-state index < -0.39 is 17.5 Å². The van der Waals surface area contributed by atoms with E-state index in [0.717, 1.165) is 0 Å². The summed E-state index contributed by atoms with van der Waals surface area (Å²) in [4.78, 5) is 19.1. The summed E-state index contributed by atoms with van der Waals surface area (Å²) in [5.41, 5.74) is 0. The Morgan fingerprint density at radius 1 is 1.10 bits per heavy atom. The van der Waals surface area contributed by atoms with Crippen molar-refractivity contribution >= 4 is 30.8 Å². The lowest BCUT2D eigenvalue weighted by Gasteiger charge is -1.81. The molecule has 58 valence electrons. The first-order valence-corrected chi connectivity index (χ1v) is 5.33. The molecule has 0 saturated carbocycles. The summed E-state index contributed by atoms with van der Waals surface area (Å²) in [5.74, 6) is 0. The van der Waals surface area contributed by atoms with Crippen LogP contribution in [0.15, 0.2) is 0 Å². The highest BCUT2D eigenvalue weighted by Gasteiger charge is 2.21. The molecule has 0 saturated heterocycles. The smallest absolute Gasteiger partial charge is 0.250 e. The zero-order chi connectivity index (χ0) is 8.15. The molecule has 0 aliphatic carbocycles. The highest BCUT2D eigenvalue weighted by atomic mass is 33.5. The van der Waals surface area contributed by atoms with Crippen LogP contribution in [0.1, 0.15) is 0 Å². The lowest BCUT2D eigenvalue weighted by Crippen LogP contribution is -1.90. The molecular weight excluding hydrogens is 204 g/mol. The van der Waals surface area contributed by atoms with Crippen LogP contribution in [0, 0.1) is 20.2 Å². The van der Waals surface area contributed by atoms with E-state index in [9.17, 15) is 24.4 Å². The van der Waals surface area contributed by atoms with E-state index in [1.54, 1.807) is 0 Å². The summed E-state index contributed by atoms with van der Waals surface area (Å²) < 4.78 is 8.31. The molecule has 0 N–H and O–H groups in total. The van der Waals surface area contributed by atoms with E-state index in [1.807, 2.05) is 0 Å². The number of rotatable bonds is 4. The molecule has 0 heterocycles. The minimum Gasteiger partial charge on any atom is -0.250 e. The van der Waals surface area contributed by atoms with Crippen LogP contribution in [0.5, 0.6) is 0 Å². The molecule has 0 aromatic rings. The van der Waals surface area contributed by atoms with E-state index in [2.05, 4.69) is 0 Å². The highest BCUT2D eigenvalue weighted by molar-refractivity contribution is 8.99. The van der Waals surface area contributed by atoms with Gasteiger partial charge in [0.15, 0.2) is 0 Å². The van der Waals surface area contributed by atoms with Crippen molar-refractivity contribution in [3.05, 3.63) is 20.2 Å². The number of hydrogen-bond donors (Lipinski definition) is 0. The van der Waals surface area contributed by atoms with Gasteiger partial charge in [0.2, 0.25) is 0 Å². The molecule has 0 radical (unpaired) electrons. The van der Waals surface area contributed by atoms with Gasteiger partial charge in [-0.15, -0.1) is 0 Å². The first kappa shape index (κ1) is 9.65. The third kappa shape index (κ3) is 5.78. The maximum atomic E-state index is 10.2. The Morgan fingerprint density at radius 2 is 1.40 bits per heavy atom. The third-order valence-electron chi connectivity index (χ3n) is 0.243. The minimum atomic E-state index is -2.15. The molecule has 0 fully saturated rings. The van der Waals surface area contributed by atoms with Gasteiger partial charge < -0.3 is 0 Å².